The van der Waals surface area contributed by atoms with Crippen LogP contribution in [0.15, 0.2) is 36.5 Å². The molecule has 1 saturated heterocycles. The van der Waals surface area contributed by atoms with Crippen molar-refractivity contribution in [3.05, 3.63) is 36.5 Å². The Morgan fingerprint density at radius 1 is 0.540 bits per heavy atom. The summed E-state index contributed by atoms with van der Waals surface area (Å²) in [6.45, 7) is 3.40. The number of nitrogens with one attached hydrogen (secondary N) is 1. The lowest BCUT2D eigenvalue weighted by atomic mass is 9.98. The molecule has 1 heterocycles. The van der Waals surface area contributed by atoms with Gasteiger partial charge in [-0.05, 0) is 64.2 Å². The standard InChI is InChI=1S/C52H97NO10/c1-3-5-7-9-11-13-15-16-17-18-19-20-21-22-23-24-25-26-27-28-29-30-32-33-35-37-39-44(55)47(57)43(42-62-52-50(60)49(59)48(58)46(41-54)63-52)53-51(61)45(56)40-38-36-34-31-14-12-10-8-6-4-2/h23-24,27-28,32-33,43-50,52,54-60H,3-22,25-26,29-31,34-42H2,1-2H3,(H,53,61)/b24-23+,28-27+,33-32+. The molecule has 1 rings (SSSR count). The topological polar surface area (TPSA) is 189 Å². The van der Waals surface area contributed by atoms with Crippen LogP contribution in [0.1, 0.15) is 219 Å². The molecule has 0 aromatic heterocycles. The molecule has 0 aliphatic carbocycles. The van der Waals surface area contributed by atoms with Crippen LogP contribution < -0.4 is 5.32 Å². The fourth-order valence-electron chi connectivity index (χ4n) is 8.12. The van der Waals surface area contributed by atoms with E-state index in [1.54, 1.807) is 0 Å². The SMILES string of the molecule is CCCCCCCCCCCCCCC/C=C/CC/C=C/CC/C=C/CCCC(O)C(O)C(COC1OC(CO)C(O)C(O)C1O)NC(=O)C(O)CCCCCCCCCCCC. The van der Waals surface area contributed by atoms with E-state index in [4.69, 9.17) is 9.47 Å². The van der Waals surface area contributed by atoms with E-state index < -0.39 is 74.2 Å². The van der Waals surface area contributed by atoms with E-state index in [-0.39, 0.29) is 12.8 Å². The van der Waals surface area contributed by atoms with Crippen LogP contribution in [0.3, 0.4) is 0 Å². The average Bonchev–Trinajstić information content (AvgIpc) is 3.28. The number of rotatable bonds is 43. The molecule has 0 radical (unpaired) electrons. The minimum Gasteiger partial charge on any atom is -0.394 e. The van der Waals surface area contributed by atoms with Crippen LogP contribution in [0.2, 0.25) is 0 Å². The molecule has 0 aromatic rings. The van der Waals surface area contributed by atoms with E-state index in [0.29, 0.717) is 19.3 Å². The zero-order valence-corrected chi connectivity index (χ0v) is 40.1. The minimum atomic E-state index is -1.67. The molecule has 1 amide bonds. The predicted molar refractivity (Wildman–Crippen MR) is 256 cm³/mol. The van der Waals surface area contributed by atoms with Gasteiger partial charge in [0.2, 0.25) is 5.91 Å². The summed E-state index contributed by atoms with van der Waals surface area (Å²) in [5.74, 6) is -0.715. The monoisotopic (exact) mass is 896 g/mol. The average molecular weight is 896 g/mol. The first-order valence-corrected chi connectivity index (χ1v) is 25.9. The van der Waals surface area contributed by atoms with Gasteiger partial charge in [0.15, 0.2) is 6.29 Å². The fourth-order valence-corrected chi connectivity index (χ4v) is 8.12. The van der Waals surface area contributed by atoms with E-state index in [9.17, 15) is 40.5 Å². The third-order valence-corrected chi connectivity index (χ3v) is 12.4. The van der Waals surface area contributed by atoms with Gasteiger partial charge in [0.25, 0.3) is 0 Å². The van der Waals surface area contributed by atoms with Crippen LogP contribution in [0.25, 0.3) is 0 Å². The number of amides is 1. The summed E-state index contributed by atoms with van der Waals surface area (Å²) in [5, 5.41) is 75.6. The molecule has 8 N–H and O–H groups in total. The maximum absolute atomic E-state index is 13.1. The Morgan fingerprint density at radius 3 is 1.41 bits per heavy atom. The van der Waals surface area contributed by atoms with Gasteiger partial charge >= 0.3 is 0 Å². The lowest BCUT2D eigenvalue weighted by Crippen LogP contribution is -2.60. The van der Waals surface area contributed by atoms with E-state index >= 15 is 0 Å². The highest BCUT2D eigenvalue weighted by molar-refractivity contribution is 5.80. The van der Waals surface area contributed by atoms with Crippen molar-refractivity contribution in [3.63, 3.8) is 0 Å². The van der Waals surface area contributed by atoms with Crippen LogP contribution in [0.5, 0.6) is 0 Å². The number of carbonyl (C=O) groups excluding carboxylic acids is 1. The first-order chi connectivity index (χ1) is 30.7. The first-order valence-electron chi connectivity index (χ1n) is 25.9. The largest absolute Gasteiger partial charge is 0.394 e. The van der Waals surface area contributed by atoms with Gasteiger partial charge < -0.3 is 50.5 Å². The van der Waals surface area contributed by atoms with Gasteiger partial charge in [-0.1, -0.05) is 192 Å². The van der Waals surface area contributed by atoms with Gasteiger partial charge in [0, 0.05) is 0 Å². The summed E-state index contributed by atoms with van der Waals surface area (Å²) in [6.07, 6.45) is 37.9. The summed E-state index contributed by atoms with van der Waals surface area (Å²) < 4.78 is 11.1. The molecule has 9 unspecified atom stereocenters. The maximum atomic E-state index is 13.1. The second-order valence-electron chi connectivity index (χ2n) is 18.2. The second kappa shape index (κ2) is 41.7. The van der Waals surface area contributed by atoms with Gasteiger partial charge in [0.1, 0.15) is 36.6 Å². The van der Waals surface area contributed by atoms with Crippen molar-refractivity contribution >= 4 is 5.91 Å². The quantitative estimate of drug-likeness (QED) is 0.0216. The lowest BCUT2D eigenvalue weighted by molar-refractivity contribution is -0.303. The van der Waals surface area contributed by atoms with Crippen LogP contribution in [-0.2, 0) is 14.3 Å². The van der Waals surface area contributed by atoms with Crippen molar-refractivity contribution in [2.24, 2.45) is 0 Å². The number of hydrogen-bond acceptors (Lipinski definition) is 10. The van der Waals surface area contributed by atoms with Crippen molar-refractivity contribution < 1.29 is 50.0 Å². The Balaban J connectivity index is 2.36. The highest BCUT2D eigenvalue weighted by Crippen LogP contribution is 2.23. The lowest BCUT2D eigenvalue weighted by Gasteiger charge is -2.40. The van der Waals surface area contributed by atoms with Gasteiger partial charge in [-0.2, -0.15) is 0 Å². The number of ether oxygens (including phenoxy) is 2. The van der Waals surface area contributed by atoms with Crippen molar-refractivity contribution in [2.75, 3.05) is 13.2 Å². The molecule has 9 atom stereocenters. The molecular weight excluding hydrogens is 799 g/mol. The minimum absolute atomic E-state index is 0.242. The number of allylic oxidation sites excluding steroid dienone is 6. The third-order valence-electron chi connectivity index (χ3n) is 12.4. The molecule has 0 aromatic carbocycles. The van der Waals surface area contributed by atoms with Gasteiger partial charge in [-0.15, -0.1) is 0 Å². The smallest absolute Gasteiger partial charge is 0.249 e. The van der Waals surface area contributed by atoms with E-state index in [2.05, 4.69) is 55.6 Å². The highest BCUT2D eigenvalue weighted by Gasteiger charge is 2.44. The van der Waals surface area contributed by atoms with Crippen molar-refractivity contribution in [2.45, 2.75) is 274 Å². The molecule has 63 heavy (non-hydrogen) atoms. The fraction of sp³-hybridized carbons (Fsp3) is 0.865. The Labute approximate surface area is 384 Å². The van der Waals surface area contributed by atoms with E-state index in [1.807, 2.05) is 0 Å². The highest BCUT2D eigenvalue weighted by atomic mass is 16.7. The van der Waals surface area contributed by atoms with E-state index in [0.717, 1.165) is 44.9 Å². The van der Waals surface area contributed by atoms with Crippen molar-refractivity contribution in [3.8, 4) is 0 Å². The first kappa shape index (κ1) is 59.3. The van der Waals surface area contributed by atoms with Crippen LogP contribution in [-0.4, -0.2) is 110 Å². The molecule has 1 aliphatic rings. The van der Waals surface area contributed by atoms with Crippen molar-refractivity contribution in [1.29, 1.82) is 0 Å². The summed E-state index contributed by atoms with van der Waals surface area (Å²) in [5.41, 5.74) is 0. The Morgan fingerprint density at radius 2 is 0.952 bits per heavy atom. The molecule has 0 saturated carbocycles. The molecule has 1 aliphatic heterocycles. The summed E-state index contributed by atoms with van der Waals surface area (Å²) in [7, 11) is 0. The normalized spacial score (nSPS) is 21.4. The molecular formula is C52H97NO10. The molecule has 11 nitrogen and oxygen atoms in total. The number of unbranched alkanes of at least 4 members (excludes halogenated alkanes) is 25. The third kappa shape index (κ3) is 31.0. The molecule has 370 valence electrons. The number of carbonyl (C=O) groups is 1. The van der Waals surface area contributed by atoms with Crippen LogP contribution in [0.4, 0.5) is 0 Å². The van der Waals surface area contributed by atoms with Gasteiger partial charge in [-0.3, -0.25) is 4.79 Å². The Bertz CT molecular complexity index is 1120. The number of aliphatic hydroxyl groups excluding tert-OH is 7. The zero-order chi connectivity index (χ0) is 46.2. The van der Waals surface area contributed by atoms with Crippen LogP contribution >= 0.6 is 0 Å². The Kier molecular flexibility index (Phi) is 39.3. The van der Waals surface area contributed by atoms with Gasteiger partial charge in [0.05, 0.1) is 25.4 Å². The second-order valence-corrected chi connectivity index (χ2v) is 18.2. The molecule has 11 heteroatoms. The van der Waals surface area contributed by atoms with Gasteiger partial charge in [-0.25, -0.2) is 0 Å². The summed E-state index contributed by atoms with van der Waals surface area (Å²) in [4.78, 5) is 13.1. The zero-order valence-electron chi connectivity index (χ0n) is 40.1. The Hall–Kier alpha value is -1.67. The predicted octanol–water partition coefficient (Wildman–Crippen LogP) is 9.56. The summed E-state index contributed by atoms with van der Waals surface area (Å²) >= 11 is 0. The summed E-state index contributed by atoms with van der Waals surface area (Å²) in [6, 6.07) is -1.19. The number of hydrogen-bond donors (Lipinski definition) is 8. The maximum Gasteiger partial charge on any atom is 0.249 e. The molecule has 0 bridgehead atoms. The molecule has 0 spiro atoms. The van der Waals surface area contributed by atoms with E-state index in [1.165, 1.54) is 128 Å². The number of aliphatic hydroxyl groups is 7. The molecule has 1 fully saturated rings. The van der Waals surface area contributed by atoms with Crippen LogP contribution in [0, 0.1) is 0 Å². The van der Waals surface area contributed by atoms with Crippen molar-refractivity contribution in [1.82, 2.24) is 5.32 Å².